The summed E-state index contributed by atoms with van der Waals surface area (Å²) in [6.45, 7) is 2.13. The summed E-state index contributed by atoms with van der Waals surface area (Å²) in [5, 5.41) is 0. The van der Waals surface area contributed by atoms with Gasteiger partial charge in [-0.1, -0.05) is 6.07 Å². The van der Waals surface area contributed by atoms with Crippen molar-refractivity contribution < 1.29 is 4.57 Å². The fourth-order valence-corrected chi connectivity index (χ4v) is 2.62. The zero-order chi connectivity index (χ0) is 12.5. The van der Waals surface area contributed by atoms with Crippen molar-refractivity contribution in [3.63, 3.8) is 0 Å². The summed E-state index contributed by atoms with van der Waals surface area (Å²) >= 11 is 0. The van der Waals surface area contributed by atoms with Gasteiger partial charge in [-0.15, -0.1) is 0 Å². The Morgan fingerprint density at radius 2 is 2.33 bits per heavy atom. The molecule has 2 heterocycles. The van der Waals surface area contributed by atoms with Crippen LogP contribution in [0.5, 0.6) is 0 Å². The predicted octanol–water partition coefficient (Wildman–Crippen LogP) is 1.03. The van der Waals surface area contributed by atoms with Gasteiger partial charge in [0.2, 0.25) is 0 Å². The summed E-state index contributed by atoms with van der Waals surface area (Å²) in [6.07, 6.45) is 6.18. The number of fused-ring (bicyclic) bond motifs is 1. The molecule has 4 nitrogen and oxygen atoms in total. The van der Waals surface area contributed by atoms with Gasteiger partial charge in [-0.2, -0.15) is 0 Å². The van der Waals surface area contributed by atoms with Crippen molar-refractivity contribution in [2.75, 3.05) is 23.7 Å². The molecule has 1 aromatic carbocycles. The molecule has 0 radical (unpaired) electrons. The van der Waals surface area contributed by atoms with Gasteiger partial charge in [-0.25, -0.2) is 9.55 Å². The van der Waals surface area contributed by atoms with Crippen molar-refractivity contribution in [3.05, 3.63) is 42.0 Å². The highest BCUT2D eigenvalue weighted by atomic mass is 15.2. The zero-order valence-corrected chi connectivity index (χ0v) is 10.7. The first kappa shape index (κ1) is 11.1. The predicted molar refractivity (Wildman–Crippen MR) is 72.4 cm³/mol. The second-order valence-corrected chi connectivity index (χ2v) is 4.89. The number of aryl methyl sites for hydroxylation is 1. The number of anilines is 2. The number of nitrogens with one attached hydrogen (secondary N) is 1. The first-order valence-electron chi connectivity index (χ1n) is 6.39. The van der Waals surface area contributed by atoms with E-state index >= 15 is 0 Å². The number of hydrogen-bond acceptors (Lipinski definition) is 2. The van der Waals surface area contributed by atoms with Crippen molar-refractivity contribution in [1.82, 2.24) is 4.98 Å². The molecule has 0 saturated carbocycles. The van der Waals surface area contributed by atoms with E-state index in [1.165, 1.54) is 17.1 Å². The van der Waals surface area contributed by atoms with Crippen LogP contribution >= 0.6 is 0 Å². The van der Waals surface area contributed by atoms with E-state index in [4.69, 9.17) is 5.73 Å². The SMILES string of the molecule is C[n+]1cc[nH]c1CCN1CCc2ccc(N)cc21. The monoisotopic (exact) mass is 243 g/mol. The second-order valence-electron chi connectivity index (χ2n) is 4.89. The molecule has 3 N–H and O–H groups in total. The lowest BCUT2D eigenvalue weighted by molar-refractivity contribution is -0.677. The van der Waals surface area contributed by atoms with E-state index in [9.17, 15) is 0 Å². The number of benzene rings is 1. The van der Waals surface area contributed by atoms with Crippen molar-refractivity contribution in [1.29, 1.82) is 0 Å². The number of hydrogen-bond donors (Lipinski definition) is 2. The minimum atomic E-state index is 0.853. The maximum Gasteiger partial charge on any atom is 0.255 e. The van der Waals surface area contributed by atoms with Gasteiger partial charge in [0.15, 0.2) is 0 Å². The Labute approximate surface area is 107 Å². The van der Waals surface area contributed by atoms with Crippen molar-refractivity contribution in [3.8, 4) is 0 Å². The number of nitrogens with two attached hydrogens (primary N) is 1. The van der Waals surface area contributed by atoms with Gasteiger partial charge in [-0.3, -0.25) is 0 Å². The van der Waals surface area contributed by atoms with E-state index in [1.807, 2.05) is 18.5 Å². The molecule has 18 heavy (non-hydrogen) atoms. The van der Waals surface area contributed by atoms with E-state index in [-0.39, 0.29) is 0 Å². The lowest BCUT2D eigenvalue weighted by Gasteiger charge is -2.18. The first-order valence-corrected chi connectivity index (χ1v) is 6.39. The maximum atomic E-state index is 5.87. The summed E-state index contributed by atoms with van der Waals surface area (Å²) in [5.41, 5.74) is 9.45. The van der Waals surface area contributed by atoms with E-state index in [1.54, 1.807) is 0 Å². The lowest BCUT2D eigenvalue weighted by Crippen LogP contribution is -2.33. The van der Waals surface area contributed by atoms with E-state index in [2.05, 4.69) is 33.6 Å². The van der Waals surface area contributed by atoms with Crippen LogP contribution in [-0.4, -0.2) is 18.1 Å². The Kier molecular flexibility index (Phi) is 2.70. The van der Waals surface area contributed by atoms with Gasteiger partial charge in [0.05, 0.1) is 13.5 Å². The van der Waals surface area contributed by atoms with Gasteiger partial charge in [0.1, 0.15) is 12.4 Å². The number of nitrogen functional groups attached to an aromatic ring is 1. The highest BCUT2D eigenvalue weighted by Gasteiger charge is 2.20. The molecule has 1 aliphatic rings. The maximum absolute atomic E-state index is 5.87. The molecule has 0 bridgehead atoms. The number of aromatic amines is 1. The van der Waals surface area contributed by atoms with Gasteiger partial charge in [0.25, 0.3) is 5.82 Å². The molecular formula is C14H19N4+. The fraction of sp³-hybridized carbons (Fsp3) is 0.357. The van der Waals surface area contributed by atoms with Crippen LogP contribution in [0.2, 0.25) is 0 Å². The Balaban J connectivity index is 1.73. The number of H-pyrrole nitrogens is 1. The summed E-state index contributed by atoms with van der Waals surface area (Å²) < 4.78 is 2.14. The largest absolute Gasteiger partial charge is 0.399 e. The molecule has 0 saturated heterocycles. The minimum absolute atomic E-state index is 0.853. The molecule has 0 fully saturated rings. The summed E-state index contributed by atoms with van der Waals surface area (Å²) in [5.74, 6) is 1.26. The zero-order valence-electron chi connectivity index (χ0n) is 10.7. The Morgan fingerprint density at radius 1 is 1.44 bits per heavy atom. The molecule has 0 unspecified atom stereocenters. The Morgan fingerprint density at radius 3 is 3.11 bits per heavy atom. The standard InChI is InChI=1S/C14H18N4/c1-17-9-6-16-14(17)5-8-18-7-4-11-2-3-12(15)10-13(11)18/h2-3,6,9-10H,4-5,7-8,15H2,1H3/p+1. The number of imidazole rings is 1. The smallest absolute Gasteiger partial charge is 0.255 e. The van der Waals surface area contributed by atoms with E-state index < -0.39 is 0 Å². The van der Waals surface area contributed by atoms with Crippen LogP contribution in [0.25, 0.3) is 0 Å². The Hall–Kier alpha value is -1.97. The molecule has 0 atom stereocenters. The van der Waals surface area contributed by atoms with Gasteiger partial charge in [-0.05, 0) is 24.1 Å². The average molecular weight is 243 g/mol. The van der Waals surface area contributed by atoms with Crippen LogP contribution in [0, 0.1) is 0 Å². The number of rotatable bonds is 3. The van der Waals surface area contributed by atoms with Gasteiger partial charge < -0.3 is 10.6 Å². The summed E-state index contributed by atoms with van der Waals surface area (Å²) in [6, 6.07) is 6.24. The van der Waals surface area contributed by atoms with Crippen LogP contribution < -0.4 is 15.2 Å². The summed E-state index contributed by atoms with van der Waals surface area (Å²) in [4.78, 5) is 5.70. The summed E-state index contributed by atoms with van der Waals surface area (Å²) in [7, 11) is 2.07. The number of aromatic nitrogens is 2. The average Bonchev–Trinajstić information content (AvgIpc) is 2.93. The molecule has 3 rings (SSSR count). The third-order valence-electron chi connectivity index (χ3n) is 3.69. The highest BCUT2D eigenvalue weighted by molar-refractivity contribution is 5.64. The van der Waals surface area contributed by atoms with Gasteiger partial charge >= 0.3 is 0 Å². The van der Waals surface area contributed by atoms with E-state index in [0.717, 1.165) is 31.6 Å². The van der Waals surface area contributed by atoms with Crippen LogP contribution in [0.1, 0.15) is 11.4 Å². The van der Waals surface area contributed by atoms with Gasteiger partial charge in [0, 0.05) is 24.5 Å². The van der Waals surface area contributed by atoms with Crippen LogP contribution in [0.15, 0.2) is 30.6 Å². The van der Waals surface area contributed by atoms with Crippen molar-refractivity contribution >= 4 is 11.4 Å². The molecule has 1 aliphatic heterocycles. The molecule has 4 heteroatoms. The van der Waals surface area contributed by atoms with Crippen molar-refractivity contribution in [2.24, 2.45) is 7.05 Å². The van der Waals surface area contributed by atoms with Crippen molar-refractivity contribution in [2.45, 2.75) is 12.8 Å². The molecule has 0 spiro atoms. The van der Waals surface area contributed by atoms with Crippen LogP contribution in [-0.2, 0) is 19.9 Å². The highest BCUT2D eigenvalue weighted by Crippen LogP contribution is 2.29. The molecule has 1 aromatic heterocycles. The van der Waals surface area contributed by atoms with Crippen LogP contribution in [0.4, 0.5) is 11.4 Å². The minimum Gasteiger partial charge on any atom is -0.399 e. The topological polar surface area (TPSA) is 48.9 Å². The molecule has 94 valence electrons. The quantitative estimate of drug-likeness (QED) is 0.625. The number of nitrogens with zero attached hydrogens (tertiary/aromatic N) is 2. The fourth-order valence-electron chi connectivity index (χ4n) is 2.62. The third-order valence-corrected chi connectivity index (χ3v) is 3.69. The third kappa shape index (κ3) is 1.94. The van der Waals surface area contributed by atoms with E-state index in [0.29, 0.717) is 0 Å². The molecule has 2 aromatic rings. The lowest BCUT2D eigenvalue weighted by atomic mass is 10.1. The van der Waals surface area contributed by atoms with Crippen LogP contribution in [0.3, 0.4) is 0 Å². The molecule has 0 aliphatic carbocycles. The first-order chi connectivity index (χ1) is 8.74. The normalized spacial score (nSPS) is 13.9. The molecular weight excluding hydrogens is 224 g/mol. The molecule has 0 amide bonds. The second kappa shape index (κ2) is 4.37. The Bertz CT molecular complexity index is 559.